The third kappa shape index (κ3) is 4.78. The van der Waals surface area contributed by atoms with E-state index in [0.717, 1.165) is 13.1 Å². The second-order valence-electron chi connectivity index (χ2n) is 8.47. The minimum absolute atomic E-state index is 0.124. The highest BCUT2D eigenvalue weighted by molar-refractivity contribution is 6.09. The van der Waals surface area contributed by atoms with Gasteiger partial charge < -0.3 is 15.1 Å². The molecule has 2 aromatic rings. The van der Waals surface area contributed by atoms with E-state index < -0.39 is 5.41 Å². The number of nitrogens with zero attached hydrogens (tertiary/aromatic N) is 2. The van der Waals surface area contributed by atoms with Crippen molar-refractivity contribution in [3.8, 4) is 0 Å². The van der Waals surface area contributed by atoms with E-state index in [1.54, 1.807) is 18.7 Å². The zero-order chi connectivity index (χ0) is 21.0. The second-order valence-corrected chi connectivity index (χ2v) is 8.47. The molecule has 0 aliphatic carbocycles. The van der Waals surface area contributed by atoms with Crippen molar-refractivity contribution < 1.29 is 9.59 Å². The number of carbonyl (C=O) groups excluding carboxylic acids is 2. The van der Waals surface area contributed by atoms with Crippen LogP contribution in [0.2, 0.25) is 0 Å². The lowest BCUT2D eigenvalue weighted by atomic mass is 9.89. The molecule has 2 amide bonds. The quantitative estimate of drug-likeness (QED) is 0.778. The first-order valence-electron chi connectivity index (χ1n) is 10.3. The van der Waals surface area contributed by atoms with Crippen molar-refractivity contribution in [3.05, 3.63) is 60.2 Å². The Labute approximate surface area is 173 Å². The first-order valence-corrected chi connectivity index (χ1v) is 10.3. The molecular formula is C24H31N3O2. The predicted molar refractivity (Wildman–Crippen MR) is 118 cm³/mol. The van der Waals surface area contributed by atoms with E-state index in [1.807, 2.05) is 42.5 Å². The highest BCUT2D eigenvalue weighted by atomic mass is 16.2. The highest BCUT2D eigenvalue weighted by Gasteiger charge is 2.40. The van der Waals surface area contributed by atoms with Crippen LogP contribution in [0.1, 0.15) is 39.2 Å². The van der Waals surface area contributed by atoms with Crippen LogP contribution in [-0.2, 0) is 9.59 Å². The number of para-hydroxylation sites is 1. The summed E-state index contributed by atoms with van der Waals surface area (Å²) in [6.45, 7) is 10.4. The summed E-state index contributed by atoms with van der Waals surface area (Å²) >= 11 is 0. The summed E-state index contributed by atoms with van der Waals surface area (Å²) in [4.78, 5) is 30.0. The fraction of sp³-hybridized carbons (Fsp3) is 0.417. The fourth-order valence-electron chi connectivity index (χ4n) is 3.54. The van der Waals surface area contributed by atoms with Gasteiger partial charge in [-0.25, -0.2) is 0 Å². The van der Waals surface area contributed by atoms with Crippen LogP contribution in [0.3, 0.4) is 0 Å². The summed E-state index contributed by atoms with van der Waals surface area (Å²) < 4.78 is 0. The summed E-state index contributed by atoms with van der Waals surface area (Å²) in [6, 6.07) is 18.0. The SMILES string of the molecule is CC(C)c1ccc(NC(=O)C(C)(C)C(=O)N2CCN(c3ccccc3)CC2)cc1. The Balaban J connectivity index is 1.59. The number of anilines is 2. The van der Waals surface area contributed by atoms with E-state index in [4.69, 9.17) is 0 Å². The third-order valence-corrected chi connectivity index (χ3v) is 5.63. The van der Waals surface area contributed by atoms with Crippen LogP contribution in [-0.4, -0.2) is 42.9 Å². The van der Waals surface area contributed by atoms with Gasteiger partial charge in [-0.2, -0.15) is 0 Å². The van der Waals surface area contributed by atoms with Crippen LogP contribution < -0.4 is 10.2 Å². The molecule has 29 heavy (non-hydrogen) atoms. The number of hydrogen-bond acceptors (Lipinski definition) is 3. The Hall–Kier alpha value is -2.82. The van der Waals surface area contributed by atoms with Gasteiger partial charge in [0.1, 0.15) is 5.41 Å². The average Bonchev–Trinajstić information content (AvgIpc) is 2.74. The van der Waals surface area contributed by atoms with Gasteiger partial charge in [0, 0.05) is 37.6 Å². The van der Waals surface area contributed by atoms with Crippen molar-refractivity contribution in [2.75, 3.05) is 36.4 Å². The fourth-order valence-corrected chi connectivity index (χ4v) is 3.54. The second kappa shape index (κ2) is 8.68. The third-order valence-electron chi connectivity index (χ3n) is 5.63. The monoisotopic (exact) mass is 393 g/mol. The van der Waals surface area contributed by atoms with E-state index in [-0.39, 0.29) is 11.8 Å². The standard InChI is InChI=1S/C24H31N3O2/c1-18(2)19-10-12-20(13-11-19)25-22(28)24(3,4)23(29)27-16-14-26(15-17-27)21-8-6-5-7-9-21/h5-13,18H,14-17H2,1-4H3,(H,25,28). The largest absolute Gasteiger partial charge is 0.368 e. The zero-order valence-electron chi connectivity index (χ0n) is 17.8. The van der Waals surface area contributed by atoms with Gasteiger partial charge in [-0.3, -0.25) is 9.59 Å². The van der Waals surface area contributed by atoms with Gasteiger partial charge >= 0.3 is 0 Å². The Morgan fingerprint density at radius 3 is 2.03 bits per heavy atom. The van der Waals surface area contributed by atoms with Crippen LogP contribution in [0.5, 0.6) is 0 Å². The Morgan fingerprint density at radius 1 is 0.897 bits per heavy atom. The molecule has 0 saturated carbocycles. The number of piperazine rings is 1. The highest BCUT2D eigenvalue weighted by Crippen LogP contribution is 2.25. The smallest absolute Gasteiger partial charge is 0.239 e. The maximum absolute atomic E-state index is 13.1. The molecule has 5 heteroatoms. The van der Waals surface area contributed by atoms with Gasteiger partial charge in [0.25, 0.3) is 0 Å². The van der Waals surface area contributed by atoms with Crippen molar-refractivity contribution in [1.29, 1.82) is 0 Å². The number of nitrogens with one attached hydrogen (secondary N) is 1. The molecule has 0 bridgehead atoms. The average molecular weight is 394 g/mol. The summed E-state index contributed by atoms with van der Waals surface area (Å²) in [5.74, 6) is 0.0409. The Bertz CT molecular complexity index is 836. The molecule has 0 spiro atoms. The number of rotatable bonds is 5. The van der Waals surface area contributed by atoms with Crippen LogP contribution in [0, 0.1) is 5.41 Å². The first-order chi connectivity index (χ1) is 13.8. The molecule has 1 saturated heterocycles. The van der Waals surface area contributed by atoms with E-state index in [2.05, 4.69) is 36.2 Å². The van der Waals surface area contributed by atoms with E-state index in [9.17, 15) is 9.59 Å². The molecule has 1 aliphatic heterocycles. The maximum atomic E-state index is 13.1. The summed E-state index contributed by atoms with van der Waals surface area (Å²) in [7, 11) is 0. The number of benzene rings is 2. The Kier molecular flexibility index (Phi) is 6.26. The van der Waals surface area contributed by atoms with E-state index in [1.165, 1.54) is 11.3 Å². The van der Waals surface area contributed by atoms with Crippen LogP contribution in [0.15, 0.2) is 54.6 Å². The topological polar surface area (TPSA) is 52.7 Å². The van der Waals surface area contributed by atoms with E-state index in [0.29, 0.717) is 24.7 Å². The van der Waals surface area contributed by atoms with Gasteiger partial charge in [-0.05, 0) is 49.6 Å². The molecule has 0 atom stereocenters. The molecule has 1 aliphatic rings. The molecule has 0 aromatic heterocycles. The van der Waals surface area contributed by atoms with Crippen LogP contribution in [0.25, 0.3) is 0 Å². The van der Waals surface area contributed by atoms with Gasteiger partial charge in [-0.15, -0.1) is 0 Å². The maximum Gasteiger partial charge on any atom is 0.239 e. The molecular weight excluding hydrogens is 362 g/mol. The molecule has 2 aromatic carbocycles. The zero-order valence-corrected chi connectivity index (χ0v) is 17.8. The molecule has 1 N–H and O–H groups in total. The minimum Gasteiger partial charge on any atom is -0.368 e. The number of amides is 2. The lowest BCUT2D eigenvalue weighted by Gasteiger charge is -2.39. The van der Waals surface area contributed by atoms with Gasteiger partial charge in [0.05, 0.1) is 0 Å². The van der Waals surface area contributed by atoms with Gasteiger partial charge in [0.15, 0.2) is 0 Å². The normalized spacial score (nSPS) is 14.8. The molecule has 1 heterocycles. The molecule has 0 unspecified atom stereocenters. The summed E-state index contributed by atoms with van der Waals surface area (Å²) in [5, 5.41) is 2.91. The molecule has 154 valence electrons. The first kappa shape index (κ1) is 20.9. The van der Waals surface area contributed by atoms with Crippen LogP contribution >= 0.6 is 0 Å². The minimum atomic E-state index is -1.12. The van der Waals surface area contributed by atoms with Crippen molar-refractivity contribution in [2.45, 2.75) is 33.6 Å². The molecule has 5 nitrogen and oxygen atoms in total. The number of hydrogen-bond donors (Lipinski definition) is 1. The van der Waals surface area contributed by atoms with E-state index >= 15 is 0 Å². The van der Waals surface area contributed by atoms with Gasteiger partial charge in [0.2, 0.25) is 11.8 Å². The van der Waals surface area contributed by atoms with Crippen molar-refractivity contribution >= 4 is 23.2 Å². The van der Waals surface area contributed by atoms with Crippen molar-refractivity contribution in [2.24, 2.45) is 5.41 Å². The van der Waals surface area contributed by atoms with Gasteiger partial charge in [-0.1, -0.05) is 44.2 Å². The Morgan fingerprint density at radius 2 is 1.48 bits per heavy atom. The number of carbonyl (C=O) groups is 2. The molecule has 0 radical (unpaired) electrons. The lowest BCUT2D eigenvalue weighted by Crippen LogP contribution is -2.54. The molecule has 1 fully saturated rings. The molecule has 3 rings (SSSR count). The van der Waals surface area contributed by atoms with Crippen LogP contribution in [0.4, 0.5) is 11.4 Å². The lowest BCUT2D eigenvalue weighted by molar-refractivity contribution is -0.146. The summed E-state index contributed by atoms with van der Waals surface area (Å²) in [5.41, 5.74) is 1.98. The predicted octanol–water partition coefficient (Wildman–Crippen LogP) is 4.12. The van der Waals surface area contributed by atoms with Crippen molar-refractivity contribution in [3.63, 3.8) is 0 Å². The summed E-state index contributed by atoms with van der Waals surface area (Å²) in [6.07, 6.45) is 0. The van der Waals surface area contributed by atoms with Crippen molar-refractivity contribution in [1.82, 2.24) is 4.90 Å².